The van der Waals surface area contributed by atoms with Crippen molar-refractivity contribution in [1.29, 1.82) is 0 Å². The van der Waals surface area contributed by atoms with Gasteiger partial charge >= 0.3 is 5.97 Å². The highest BCUT2D eigenvalue weighted by Gasteiger charge is 2.12. The van der Waals surface area contributed by atoms with E-state index in [0.717, 1.165) is 10.9 Å². The van der Waals surface area contributed by atoms with Crippen molar-refractivity contribution in [2.24, 2.45) is 0 Å². The lowest BCUT2D eigenvalue weighted by atomic mass is 10.2. The number of benzene rings is 1. The number of methoxy groups -OCH3 is 2. The second kappa shape index (κ2) is 7.70. The molecule has 0 radical (unpaired) electrons. The third-order valence-electron chi connectivity index (χ3n) is 3.27. The number of nitrogens with zero attached hydrogens (tertiary/aromatic N) is 1. The molecule has 0 spiro atoms. The van der Waals surface area contributed by atoms with Gasteiger partial charge in [0.2, 0.25) is 0 Å². The molecular formula is C16H21NO5. The Morgan fingerprint density at radius 1 is 1.18 bits per heavy atom. The molecule has 1 aromatic carbocycles. The molecule has 6 nitrogen and oxygen atoms in total. The van der Waals surface area contributed by atoms with Gasteiger partial charge in [0.25, 0.3) is 0 Å². The maximum Gasteiger partial charge on any atom is 0.326 e. The van der Waals surface area contributed by atoms with Gasteiger partial charge in [0, 0.05) is 30.3 Å². The minimum absolute atomic E-state index is 0.131. The van der Waals surface area contributed by atoms with Gasteiger partial charge in [-0.05, 0) is 13.0 Å². The number of rotatable bonds is 8. The van der Waals surface area contributed by atoms with E-state index in [0.29, 0.717) is 24.7 Å². The molecule has 0 amide bonds. The molecule has 22 heavy (non-hydrogen) atoms. The van der Waals surface area contributed by atoms with Gasteiger partial charge < -0.3 is 23.5 Å². The number of esters is 1. The summed E-state index contributed by atoms with van der Waals surface area (Å²) in [7, 11) is 3.20. The topological polar surface area (TPSA) is 58.9 Å². The maximum atomic E-state index is 11.9. The highest BCUT2D eigenvalue weighted by Crippen LogP contribution is 2.31. The van der Waals surface area contributed by atoms with Crippen LogP contribution >= 0.6 is 0 Å². The minimum atomic E-state index is -0.306. The lowest BCUT2D eigenvalue weighted by Gasteiger charge is -2.09. The fourth-order valence-corrected chi connectivity index (χ4v) is 2.21. The predicted octanol–water partition coefficient (Wildman–Crippen LogP) is 2.24. The molecule has 0 N–H and O–H groups in total. The fourth-order valence-electron chi connectivity index (χ4n) is 2.21. The van der Waals surface area contributed by atoms with Gasteiger partial charge in [-0.1, -0.05) is 0 Å². The van der Waals surface area contributed by atoms with Crippen LogP contribution in [0.3, 0.4) is 0 Å². The van der Waals surface area contributed by atoms with E-state index < -0.39 is 0 Å². The quantitative estimate of drug-likeness (QED) is 0.553. The molecule has 0 unspecified atom stereocenters. The summed E-state index contributed by atoms with van der Waals surface area (Å²) in [6.07, 6.45) is 1.83. The Hall–Kier alpha value is -2.21. The Morgan fingerprint density at radius 2 is 2.00 bits per heavy atom. The first kappa shape index (κ1) is 16.2. The molecule has 0 bridgehead atoms. The van der Waals surface area contributed by atoms with E-state index in [4.69, 9.17) is 18.9 Å². The van der Waals surface area contributed by atoms with Crippen molar-refractivity contribution in [3.8, 4) is 11.5 Å². The highest BCUT2D eigenvalue weighted by atomic mass is 16.6. The number of ether oxygens (including phenoxy) is 4. The number of fused-ring (bicyclic) bond motifs is 1. The average molecular weight is 307 g/mol. The summed E-state index contributed by atoms with van der Waals surface area (Å²) in [4.78, 5) is 11.9. The second-order valence-electron chi connectivity index (χ2n) is 4.62. The Bertz CT molecular complexity index is 635. The summed E-state index contributed by atoms with van der Waals surface area (Å²) < 4.78 is 22.7. The second-order valence-corrected chi connectivity index (χ2v) is 4.62. The number of hydrogen-bond donors (Lipinski definition) is 0. The van der Waals surface area contributed by atoms with E-state index >= 15 is 0 Å². The first-order valence-corrected chi connectivity index (χ1v) is 7.13. The van der Waals surface area contributed by atoms with Gasteiger partial charge in [-0.25, -0.2) is 0 Å². The summed E-state index contributed by atoms with van der Waals surface area (Å²) in [6, 6.07) is 5.58. The third-order valence-corrected chi connectivity index (χ3v) is 3.27. The molecule has 1 aromatic heterocycles. The minimum Gasteiger partial charge on any atom is -0.497 e. The average Bonchev–Trinajstić information content (AvgIpc) is 2.93. The first-order chi connectivity index (χ1) is 10.7. The summed E-state index contributed by atoms with van der Waals surface area (Å²) in [5.41, 5.74) is 0.859. The maximum absolute atomic E-state index is 11.9. The largest absolute Gasteiger partial charge is 0.497 e. The standard InChI is InChI=1S/C16H21NO5/c1-4-21-7-8-22-16(18)11-17-6-5-13-14(17)9-12(19-2)10-15(13)20-3/h5-6,9-10H,4,7-8,11H2,1-3H3. The zero-order valence-electron chi connectivity index (χ0n) is 13.1. The molecule has 0 aliphatic rings. The SMILES string of the molecule is CCOCCOC(=O)Cn1ccc2c(OC)cc(OC)cc21. The first-order valence-electron chi connectivity index (χ1n) is 7.13. The van der Waals surface area contributed by atoms with Crippen molar-refractivity contribution >= 4 is 16.9 Å². The summed E-state index contributed by atoms with van der Waals surface area (Å²) >= 11 is 0. The van der Waals surface area contributed by atoms with Crippen molar-refractivity contribution in [2.45, 2.75) is 13.5 Å². The summed E-state index contributed by atoms with van der Waals surface area (Å²) in [6.45, 7) is 3.31. The van der Waals surface area contributed by atoms with Crippen molar-refractivity contribution in [1.82, 2.24) is 4.57 Å². The normalized spacial score (nSPS) is 10.7. The van der Waals surface area contributed by atoms with E-state index in [2.05, 4.69) is 0 Å². The van der Waals surface area contributed by atoms with E-state index in [1.165, 1.54) is 0 Å². The van der Waals surface area contributed by atoms with Crippen LogP contribution < -0.4 is 9.47 Å². The predicted molar refractivity (Wildman–Crippen MR) is 82.5 cm³/mol. The van der Waals surface area contributed by atoms with Crippen LogP contribution in [0.15, 0.2) is 24.4 Å². The molecule has 0 aliphatic heterocycles. The summed E-state index contributed by atoms with van der Waals surface area (Å²) in [5, 5.41) is 0.922. The van der Waals surface area contributed by atoms with E-state index in [9.17, 15) is 4.79 Å². The molecule has 0 fully saturated rings. The van der Waals surface area contributed by atoms with Crippen LogP contribution in [0.2, 0.25) is 0 Å². The van der Waals surface area contributed by atoms with Gasteiger partial charge in [-0.15, -0.1) is 0 Å². The van der Waals surface area contributed by atoms with Gasteiger partial charge in [0.1, 0.15) is 24.7 Å². The van der Waals surface area contributed by atoms with Gasteiger partial charge in [0.15, 0.2) is 0 Å². The van der Waals surface area contributed by atoms with Crippen LogP contribution in [0.25, 0.3) is 10.9 Å². The zero-order valence-corrected chi connectivity index (χ0v) is 13.1. The van der Waals surface area contributed by atoms with Crippen LogP contribution in [0, 0.1) is 0 Å². The van der Waals surface area contributed by atoms with Gasteiger partial charge in [-0.3, -0.25) is 4.79 Å². The van der Waals surface area contributed by atoms with Gasteiger partial charge in [-0.2, -0.15) is 0 Å². The number of carbonyl (C=O) groups is 1. The number of hydrogen-bond acceptors (Lipinski definition) is 5. The molecule has 2 rings (SSSR count). The molecule has 0 saturated heterocycles. The van der Waals surface area contributed by atoms with Crippen molar-refractivity contribution in [3.63, 3.8) is 0 Å². The zero-order chi connectivity index (χ0) is 15.9. The smallest absolute Gasteiger partial charge is 0.326 e. The highest BCUT2D eigenvalue weighted by molar-refractivity contribution is 5.89. The van der Waals surface area contributed by atoms with Crippen LogP contribution in [0.5, 0.6) is 11.5 Å². The van der Waals surface area contributed by atoms with Crippen LogP contribution in [-0.4, -0.2) is 44.6 Å². The van der Waals surface area contributed by atoms with Crippen LogP contribution in [-0.2, 0) is 20.8 Å². The Labute approximate surface area is 129 Å². The summed E-state index contributed by atoms with van der Waals surface area (Å²) in [5.74, 6) is 1.07. The van der Waals surface area contributed by atoms with Crippen LogP contribution in [0.4, 0.5) is 0 Å². The molecule has 0 saturated carbocycles. The molecule has 1 heterocycles. The molecular weight excluding hydrogens is 286 g/mol. The Kier molecular flexibility index (Phi) is 5.66. The van der Waals surface area contributed by atoms with E-state index in [1.54, 1.807) is 14.2 Å². The third kappa shape index (κ3) is 3.71. The van der Waals surface area contributed by atoms with Crippen LogP contribution in [0.1, 0.15) is 6.92 Å². The Morgan fingerprint density at radius 3 is 2.68 bits per heavy atom. The Balaban J connectivity index is 2.13. The lowest BCUT2D eigenvalue weighted by molar-refractivity contribution is -0.145. The number of carbonyl (C=O) groups excluding carboxylic acids is 1. The molecule has 0 atom stereocenters. The van der Waals surface area contributed by atoms with E-state index in [1.807, 2.05) is 35.9 Å². The monoisotopic (exact) mass is 307 g/mol. The molecule has 2 aromatic rings. The fraction of sp³-hybridized carbons (Fsp3) is 0.438. The number of aromatic nitrogens is 1. The molecule has 6 heteroatoms. The van der Waals surface area contributed by atoms with E-state index in [-0.39, 0.29) is 19.1 Å². The molecule has 0 aliphatic carbocycles. The van der Waals surface area contributed by atoms with Crippen molar-refractivity contribution in [2.75, 3.05) is 34.0 Å². The van der Waals surface area contributed by atoms with Crippen molar-refractivity contribution in [3.05, 3.63) is 24.4 Å². The van der Waals surface area contributed by atoms with Gasteiger partial charge in [0.05, 0.1) is 26.3 Å². The molecule has 120 valence electrons. The van der Waals surface area contributed by atoms with Crippen molar-refractivity contribution < 1.29 is 23.7 Å². The lowest BCUT2D eigenvalue weighted by Crippen LogP contribution is -2.15.